The predicted molar refractivity (Wildman–Crippen MR) is 158 cm³/mol. The van der Waals surface area contributed by atoms with Gasteiger partial charge in [-0.15, -0.1) is 11.3 Å². The Morgan fingerprint density at radius 3 is 2.62 bits per heavy atom. The summed E-state index contributed by atoms with van der Waals surface area (Å²) in [5.74, 6) is -1.11. The monoisotopic (exact) mass is 552 g/mol. The molecule has 0 bridgehead atoms. The van der Waals surface area contributed by atoms with E-state index in [1.54, 1.807) is 18.2 Å². The quantitative estimate of drug-likeness (QED) is 0.195. The van der Waals surface area contributed by atoms with Gasteiger partial charge in [-0.25, -0.2) is 9.78 Å². The molecule has 0 aliphatic rings. The molecule has 0 spiro atoms. The average molecular weight is 553 g/mol. The van der Waals surface area contributed by atoms with E-state index in [2.05, 4.69) is 10.3 Å². The van der Waals surface area contributed by atoms with Crippen molar-refractivity contribution in [3.8, 4) is 0 Å². The van der Waals surface area contributed by atoms with Crippen LogP contribution >= 0.6 is 22.9 Å². The van der Waals surface area contributed by atoms with Crippen LogP contribution in [0.15, 0.2) is 96.4 Å². The molecule has 3 aromatic carbocycles. The zero-order valence-electron chi connectivity index (χ0n) is 20.9. The van der Waals surface area contributed by atoms with Crippen molar-refractivity contribution < 1.29 is 14.7 Å². The van der Waals surface area contributed by atoms with Crippen LogP contribution in [-0.2, 0) is 6.42 Å². The molecule has 39 heavy (non-hydrogen) atoms. The number of aromatic nitrogens is 1. The first-order valence-corrected chi connectivity index (χ1v) is 13.7. The van der Waals surface area contributed by atoms with Crippen LogP contribution in [0.25, 0.3) is 23.1 Å². The molecule has 0 aliphatic carbocycles. The SMILES string of the molecule is O=C(N[C@H](CCc1ccccc1C(=O)O)c1cccc(/C=C/c2ccc3ccc(Cl)cc3n2)c1)c1cccs1. The fourth-order valence-electron chi connectivity index (χ4n) is 4.47. The maximum absolute atomic E-state index is 13.0. The summed E-state index contributed by atoms with van der Waals surface area (Å²) in [5, 5.41) is 16.3. The third-order valence-electron chi connectivity index (χ3n) is 6.44. The molecule has 0 saturated heterocycles. The van der Waals surface area contributed by atoms with E-state index in [1.165, 1.54) is 11.3 Å². The standard InChI is InChI=1S/C32H25ClN2O3S/c33-25-14-11-23-12-16-26(34-29(23)20-25)15-10-21-5-3-7-24(19-21)28(35-31(36)30-9-4-18-39-30)17-13-22-6-1-2-8-27(22)32(37)38/h1-12,14-16,18-20,28H,13,17H2,(H,35,36)(H,37,38)/b15-10+/t28-/m1/s1. The molecule has 0 aliphatic heterocycles. The second kappa shape index (κ2) is 12.1. The minimum Gasteiger partial charge on any atom is -0.478 e. The Morgan fingerprint density at radius 1 is 0.949 bits per heavy atom. The van der Waals surface area contributed by atoms with E-state index in [9.17, 15) is 14.7 Å². The zero-order valence-corrected chi connectivity index (χ0v) is 22.5. The Balaban J connectivity index is 1.40. The highest BCUT2D eigenvalue weighted by Crippen LogP contribution is 2.25. The van der Waals surface area contributed by atoms with Gasteiger partial charge in [0.15, 0.2) is 0 Å². The van der Waals surface area contributed by atoms with Gasteiger partial charge in [0.05, 0.1) is 27.7 Å². The number of carbonyl (C=O) groups excluding carboxylic acids is 1. The summed E-state index contributed by atoms with van der Waals surface area (Å²) >= 11 is 7.52. The van der Waals surface area contributed by atoms with Crippen molar-refractivity contribution in [3.05, 3.63) is 134 Å². The second-order valence-electron chi connectivity index (χ2n) is 9.08. The molecule has 2 heterocycles. The number of benzene rings is 3. The molecule has 1 atom stereocenters. The summed E-state index contributed by atoms with van der Waals surface area (Å²) in [4.78, 5) is 30.0. The third-order valence-corrected chi connectivity index (χ3v) is 7.54. The molecule has 2 aromatic heterocycles. The van der Waals surface area contributed by atoms with Crippen molar-refractivity contribution in [2.45, 2.75) is 18.9 Å². The summed E-state index contributed by atoms with van der Waals surface area (Å²) in [6.45, 7) is 0. The van der Waals surface area contributed by atoms with Gasteiger partial charge >= 0.3 is 5.97 Å². The van der Waals surface area contributed by atoms with Gasteiger partial charge in [-0.05, 0) is 77.4 Å². The second-order valence-corrected chi connectivity index (χ2v) is 10.5. The zero-order chi connectivity index (χ0) is 27.2. The molecule has 1 amide bonds. The summed E-state index contributed by atoms with van der Waals surface area (Å²) in [5.41, 5.74) is 4.55. The average Bonchev–Trinajstić information content (AvgIpc) is 3.49. The van der Waals surface area contributed by atoms with E-state index in [0.717, 1.165) is 33.3 Å². The van der Waals surface area contributed by atoms with E-state index in [-0.39, 0.29) is 17.5 Å². The Hall–Kier alpha value is -4.26. The van der Waals surface area contributed by atoms with Gasteiger partial charge in [-0.3, -0.25) is 4.79 Å². The Morgan fingerprint density at radius 2 is 1.79 bits per heavy atom. The van der Waals surface area contributed by atoms with Gasteiger partial charge in [0.25, 0.3) is 5.91 Å². The number of fused-ring (bicyclic) bond motifs is 1. The molecule has 0 saturated carbocycles. The van der Waals surface area contributed by atoms with E-state index in [1.807, 2.05) is 90.3 Å². The van der Waals surface area contributed by atoms with Crippen molar-refractivity contribution in [3.63, 3.8) is 0 Å². The first-order valence-electron chi connectivity index (χ1n) is 12.5. The summed E-state index contributed by atoms with van der Waals surface area (Å²) < 4.78 is 0. The van der Waals surface area contributed by atoms with Gasteiger partial charge < -0.3 is 10.4 Å². The minimum atomic E-state index is -0.957. The van der Waals surface area contributed by atoms with Crippen LogP contribution in [0.1, 0.15) is 54.9 Å². The number of hydrogen-bond donors (Lipinski definition) is 2. The lowest BCUT2D eigenvalue weighted by molar-refractivity contribution is 0.0695. The number of pyridine rings is 1. The number of carboxylic acid groups (broad SMARTS) is 1. The summed E-state index contributed by atoms with van der Waals surface area (Å²) in [7, 11) is 0. The van der Waals surface area contributed by atoms with E-state index < -0.39 is 5.97 Å². The molecule has 2 N–H and O–H groups in total. The van der Waals surface area contributed by atoms with Crippen LogP contribution < -0.4 is 5.32 Å². The topological polar surface area (TPSA) is 79.3 Å². The summed E-state index contributed by atoms with van der Waals surface area (Å²) in [6, 6.07) is 27.9. The van der Waals surface area contributed by atoms with Gasteiger partial charge in [0.2, 0.25) is 0 Å². The molecule has 0 unspecified atom stereocenters. The highest BCUT2D eigenvalue weighted by atomic mass is 35.5. The van der Waals surface area contributed by atoms with Crippen LogP contribution in [0.5, 0.6) is 0 Å². The molecule has 7 heteroatoms. The van der Waals surface area contributed by atoms with Gasteiger partial charge in [-0.1, -0.05) is 72.3 Å². The van der Waals surface area contributed by atoms with E-state index in [4.69, 9.17) is 11.6 Å². The number of nitrogens with one attached hydrogen (secondary N) is 1. The number of thiophene rings is 1. The number of halogens is 1. The van der Waals surface area contributed by atoms with Crippen LogP contribution in [-0.4, -0.2) is 22.0 Å². The van der Waals surface area contributed by atoms with Crippen molar-refractivity contribution >= 4 is 57.9 Å². The smallest absolute Gasteiger partial charge is 0.335 e. The highest BCUT2D eigenvalue weighted by Gasteiger charge is 2.18. The van der Waals surface area contributed by atoms with Crippen LogP contribution in [0.2, 0.25) is 5.02 Å². The molecular formula is C32H25ClN2O3S. The molecule has 5 aromatic rings. The van der Waals surface area contributed by atoms with E-state index >= 15 is 0 Å². The number of hydrogen-bond acceptors (Lipinski definition) is 4. The van der Waals surface area contributed by atoms with Crippen molar-refractivity contribution in [1.29, 1.82) is 0 Å². The fraction of sp³-hybridized carbons (Fsp3) is 0.0938. The van der Waals surface area contributed by atoms with Crippen LogP contribution in [0.4, 0.5) is 0 Å². The summed E-state index contributed by atoms with van der Waals surface area (Å²) in [6.07, 6.45) is 4.98. The first-order chi connectivity index (χ1) is 19.0. The lowest BCUT2D eigenvalue weighted by atomic mass is 9.95. The number of carboxylic acids is 1. The molecule has 194 valence electrons. The lowest BCUT2D eigenvalue weighted by Crippen LogP contribution is -2.28. The molecular weight excluding hydrogens is 528 g/mol. The number of rotatable bonds is 9. The highest BCUT2D eigenvalue weighted by molar-refractivity contribution is 7.12. The Kier molecular flexibility index (Phi) is 8.16. The van der Waals surface area contributed by atoms with Gasteiger partial charge in [0, 0.05) is 10.4 Å². The number of aryl methyl sites for hydroxylation is 1. The first kappa shape index (κ1) is 26.4. The maximum atomic E-state index is 13.0. The lowest BCUT2D eigenvalue weighted by Gasteiger charge is -2.20. The number of carbonyl (C=O) groups is 2. The van der Waals surface area contributed by atoms with Crippen molar-refractivity contribution in [2.75, 3.05) is 0 Å². The molecule has 5 nitrogen and oxygen atoms in total. The van der Waals surface area contributed by atoms with Crippen LogP contribution in [0.3, 0.4) is 0 Å². The Bertz CT molecular complexity index is 1660. The normalized spacial score (nSPS) is 12.0. The number of amides is 1. The molecule has 0 radical (unpaired) electrons. The van der Waals surface area contributed by atoms with Crippen molar-refractivity contribution in [2.24, 2.45) is 0 Å². The Labute approximate surface area is 235 Å². The number of nitrogens with zero attached hydrogens (tertiary/aromatic N) is 1. The van der Waals surface area contributed by atoms with Gasteiger partial charge in [0.1, 0.15) is 0 Å². The third kappa shape index (κ3) is 6.60. The fourth-order valence-corrected chi connectivity index (χ4v) is 5.26. The minimum absolute atomic E-state index is 0.151. The van der Waals surface area contributed by atoms with Crippen LogP contribution in [0, 0.1) is 0 Å². The van der Waals surface area contributed by atoms with Crippen molar-refractivity contribution in [1.82, 2.24) is 10.3 Å². The number of aromatic carboxylic acids is 1. The molecule has 5 rings (SSSR count). The predicted octanol–water partition coefficient (Wildman–Crippen LogP) is 7.92. The van der Waals surface area contributed by atoms with Gasteiger partial charge in [-0.2, -0.15) is 0 Å². The van der Waals surface area contributed by atoms with E-state index in [0.29, 0.717) is 22.7 Å². The maximum Gasteiger partial charge on any atom is 0.335 e. The molecule has 0 fully saturated rings. The largest absolute Gasteiger partial charge is 0.478 e.